The molecule has 1 aromatic heterocycles. The van der Waals surface area contributed by atoms with Crippen LogP contribution in [0.1, 0.15) is 16.9 Å². The highest BCUT2D eigenvalue weighted by Crippen LogP contribution is 1.96. The van der Waals surface area contributed by atoms with E-state index < -0.39 is 5.91 Å². The third kappa shape index (κ3) is 5.31. The molecular weight excluding hydrogens is 262 g/mol. The number of ether oxygens (including phenoxy) is 1. The number of rotatable bonds is 9. The van der Waals surface area contributed by atoms with Gasteiger partial charge in [-0.1, -0.05) is 5.21 Å². The number of carbonyl (C=O) groups excluding carboxylic acids is 1. The fraction of sp³-hybridized carbons (Fsp3) is 0.636. The number of hydrogen-bond donors (Lipinski definition) is 2. The Morgan fingerprint density at radius 1 is 1.60 bits per heavy atom. The number of nitriles is 1. The summed E-state index contributed by atoms with van der Waals surface area (Å²) in [5, 5.41) is 16.2. The van der Waals surface area contributed by atoms with Gasteiger partial charge in [0, 0.05) is 33.2 Å². The number of nitrogens with two attached hydrogens (primary N) is 1. The van der Waals surface area contributed by atoms with Crippen LogP contribution >= 0.6 is 0 Å². The average Bonchev–Trinajstić information content (AvgIpc) is 2.94. The fourth-order valence-corrected chi connectivity index (χ4v) is 1.59. The molecule has 0 fully saturated rings. The Bertz CT molecular complexity index is 454. The molecule has 0 atom stereocenters. The van der Waals surface area contributed by atoms with Gasteiger partial charge in [0.15, 0.2) is 5.69 Å². The lowest BCUT2D eigenvalue weighted by atomic mass is 10.4. The van der Waals surface area contributed by atoms with Gasteiger partial charge in [0.1, 0.15) is 0 Å². The second kappa shape index (κ2) is 8.98. The van der Waals surface area contributed by atoms with Crippen LogP contribution in [-0.4, -0.2) is 59.2 Å². The number of hydrogen-bond acceptors (Lipinski definition) is 7. The molecule has 0 bridgehead atoms. The summed E-state index contributed by atoms with van der Waals surface area (Å²) in [6.45, 7) is 3.27. The van der Waals surface area contributed by atoms with Gasteiger partial charge in [-0.05, 0) is 0 Å². The van der Waals surface area contributed by atoms with E-state index in [9.17, 15) is 4.79 Å². The van der Waals surface area contributed by atoms with Gasteiger partial charge in [-0.15, -0.1) is 5.10 Å². The standard InChI is InChI=1S/C11H19N7O2/c1-20-8-7-17(4-2-3-12)5-6-18-9-10(15-16-18)11(19)14-13/h9H,2,4-8,13H2,1H3,(H,14,19). The number of hydrazine groups is 1. The van der Waals surface area contributed by atoms with Crippen molar-refractivity contribution in [1.82, 2.24) is 25.3 Å². The van der Waals surface area contributed by atoms with E-state index in [1.165, 1.54) is 6.20 Å². The molecule has 0 unspecified atom stereocenters. The van der Waals surface area contributed by atoms with Gasteiger partial charge in [-0.25, -0.2) is 5.84 Å². The molecule has 0 saturated heterocycles. The highest BCUT2D eigenvalue weighted by molar-refractivity contribution is 5.91. The summed E-state index contributed by atoms with van der Waals surface area (Å²) >= 11 is 0. The van der Waals surface area contributed by atoms with Crippen LogP contribution in [0.3, 0.4) is 0 Å². The largest absolute Gasteiger partial charge is 0.383 e. The zero-order valence-electron chi connectivity index (χ0n) is 11.4. The SMILES string of the molecule is COCCN(CCC#N)CCn1cc(C(=O)NN)nn1. The first-order chi connectivity index (χ1) is 9.71. The van der Waals surface area contributed by atoms with Crippen molar-refractivity contribution in [2.24, 2.45) is 5.84 Å². The topological polar surface area (TPSA) is 122 Å². The Hall–Kier alpha value is -2.02. The molecule has 0 radical (unpaired) electrons. The van der Waals surface area contributed by atoms with Crippen molar-refractivity contribution < 1.29 is 9.53 Å². The Morgan fingerprint density at radius 3 is 3.05 bits per heavy atom. The Balaban J connectivity index is 2.47. The zero-order valence-corrected chi connectivity index (χ0v) is 11.4. The van der Waals surface area contributed by atoms with E-state index in [0.29, 0.717) is 32.7 Å². The molecule has 0 aliphatic heterocycles. The van der Waals surface area contributed by atoms with E-state index in [2.05, 4.69) is 21.3 Å². The highest BCUT2D eigenvalue weighted by Gasteiger charge is 2.10. The predicted molar refractivity (Wildman–Crippen MR) is 70.2 cm³/mol. The zero-order chi connectivity index (χ0) is 14.8. The summed E-state index contributed by atoms with van der Waals surface area (Å²) in [4.78, 5) is 13.3. The number of amides is 1. The van der Waals surface area contributed by atoms with Crippen LogP contribution < -0.4 is 11.3 Å². The minimum atomic E-state index is -0.475. The number of nitrogen functional groups attached to an aromatic ring is 1. The summed E-state index contributed by atoms with van der Waals surface area (Å²) in [6, 6.07) is 2.12. The highest BCUT2D eigenvalue weighted by atomic mass is 16.5. The number of nitrogens with one attached hydrogen (secondary N) is 1. The number of carbonyl (C=O) groups is 1. The monoisotopic (exact) mass is 281 g/mol. The molecule has 9 heteroatoms. The maximum atomic E-state index is 11.2. The third-order valence-corrected chi connectivity index (χ3v) is 2.70. The molecule has 1 rings (SSSR count). The van der Waals surface area contributed by atoms with Crippen molar-refractivity contribution in [3.63, 3.8) is 0 Å². The molecule has 0 saturated carbocycles. The molecule has 1 amide bonds. The Kier molecular flexibility index (Phi) is 7.20. The van der Waals surface area contributed by atoms with Gasteiger partial charge < -0.3 is 4.74 Å². The molecule has 0 aliphatic rings. The molecule has 20 heavy (non-hydrogen) atoms. The van der Waals surface area contributed by atoms with Crippen LogP contribution in [0.2, 0.25) is 0 Å². The second-order valence-corrected chi connectivity index (χ2v) is 4.08. The minimum absolute atomic E-state index is 0.174. The maximum absolute atomic E-state index is 11.2. The van der Waals surface area contributed by atoms with Crippen LogP contribution in [0.15, 0.2) is 6.20 Å². The van der Waals surface area contributed by atoms with E-state index >= 15 is 0 Å². The maximum Gasteiger partial charge on any atom is 0.287 e. The van der Waals surface area contributed by atoms with Crippen LogP contribution in [0, 0.1) is 11.3 Å². The number of aromatic nitrogens is 3. The molecular formula is C11H19N7O2. The summed E-state index contributed by atoms with van der Waals surface area (Å²) in [7, 11) is 1.64. The van der Waals surface area contributed by atoms with Crippen molar-refractivity contribution in [3.05, 3.63) is 11.9 Å². The molecule has 0 aromatic carbocycles. The first-order valence-corrected chi connectivity index (χ1v) is 6.20. The van der Waals surface area contributed by atoms with Crippen molar-refractivity contribution in [3.8, 4) is 6.07 Å². The van der Waals surface area contributed by atoms with Crippen LogP contribution in [-0.2, 0) is 11.3 Å². The van der Waals surface area contributed by atoms with Crippen molar-refractivity contribution in [2.45, 2.75) is 13.0 Å². The van der Waals surface area contributed by atoms with E-state index in [-0.39, 0.29) is 5.69 Å². The summed E-state index contributed by atoms with van der Waals surface area (Å²) in [5.74, 6) is 4.54. The molecule has 1 heterocycles. The lowest BCUT2D eigenvalue weighted by molar-refractivity contribution is 0.0948. The van der Waals surface area contributed by atoms with E-state index in [4.69, 9.17) is 15.8 Å². The Labute approximate surface area is 117 Å². The first kappa shape index (κ1) is 16.0. The number of nitrogens with zero attached hydrogens (tertiary/aromatic N) is 5. The van der Waals surface area contributed by atoms with Gasteiger partial charge in [0.05, 0.1) is 25.4 Å². The van der Waals surface area contributed by atoms with Gasteiger partial charge in [-0.3, -0.25) is 19.8 Å². The molecule has 0 aliphatic carbocycles. The molecule has 3 N–H and O–H groups in total. The summed E-state index contributed by atoms with van der Waals surface area (Å²) in [6.07, 6.45) is 1.99. The van der Waals surface area contributed by atoms with Crippen LogP contribution in [0.25, 0.3) is 0 Å². The van der Waals surface area contributed by atoms with Crippen molar-refractivity contribution in [2.75, 3.05) is 33.4 Å². The Morgan fingerprint density at radius 2 is 2.40 bits per heavy atom. The van der Waals surface area contributed by atoms with Crippen molar-refractivity contribution in [1.29, 1.82) is 5.26 Å². The molecule has 0 spiro atoms. The second-order valence-electron chi connectivity index (χ2n) is 4.08. The first-order valence-electron chi connectivity index (χ1n) is 6.20. The van der Waals surface area contributed by atoms with Gasteiger partial charge in [0.2, 0.25) is 0 Å². The fourth-order valence-electron chi connectivity index (χ4n) is 1.59. The van der Waals surface area contributed by atoms with E-state index in [1.54, 1.807) is 11.8 Å². The van der Waals surface area contributed by atoms with E-state index in [1.807, 2.05) is 5.43 Å². The lowest BCUT2D eigenvalue weighted by Gasteiger charge is -2.20. The molecule has 110 valence electrons. The van der Waals surface area contributed by atoms with Crippen LogP contribution in [0.5, 0.6) is 0 Å². The number of methoxy groups -OCH3 is 1. The van der Waals surface area contributed by atoms with E-state index in [0.717, 1.165) is 6.54 Å². The third-order valence-electron chi connectivity index (χ3n) is 2.70. The summed E-state index contributed by atoms with van der Waals surface area (Å²) in [5.41, 5.74) is 2.17. The smallest absolute Gasteiger partial charge is 0.287 e. The van der Waals surface area contributed by atoms with Crippen LogP contribution in [0.4, 0.5) is 0 Å². The lowest BCUT2D eigenvalue weighted by Crippen LogP contribution is -2.32. The minimum Gasteiger partial charge on any atom is -0.383 e. The quantitative estimate of drug-likeness (QED) is 0.329. The molecule has 1 aromatic rings. The van der Waals surface area contributed by atoms with Gasteiger partial charge >= 0.3 is 0 Å². The molecule has 9 nitrogen and oxygen atoms in total. The summed E-state index contributed by atoms with van der Waals surface area (Å²) < 4.78 is 6.59. The normalized spacial score (nSPS) is 10.5. The van der Waals surface area contributed by atoms with Crippen molar-refractivity contribution >= 4 is 5.91 Å². The van der Waals surface area contributed by atoms with Gasteiger partial charge in [0.25, 0.3) is 5.91 Å². The predicted octanol–water partition coefficient (Wildman–Crippen LogP) is -1.26. The average molecular weight is 281 g/mol. The van der Waals surface area contributed by atoms with Gasteiger partial charge in [-0.2, -0.15) is 5.26 Å².